The third-order valence-corrected chi connectivity index (χ3v) is 4.42. The molecule has 1 atom stereocenters. The van der Waals surface area contributed by atoms with E-state index in [1.807, 2.05) is 55.1 Å². The second kappa shape index (κ2) is 7.18. The Bertz CT molecular complexity index is 922. The third-order valence-electron chi connectivity index (χ3n) is 4.42. The molecule has 0 saturated heterocycles. The van der Waals surface area contributed by atoms with E-state index in [1.165, 1.54) is 0 Å². The first-order valence-electron chi connectivity index (χ1n) is 8.27. The third kappa shape index (κ3) is 3.38. The number of nitrogens with zero attached hydrogens (tertiary/aromatic N) is 3. The summed E-state index contributed by atoms with van der Waals surface area (Å²) in [5, 5.41) is 13.8. The Balaban J connectivity index is 1.79. The Morgan fingerprint density at radius 3 is 2.64 bits per heavy atom. The molecule has 1 amide bonds. The molecule has 0 aliphatic rings. The molecule has 3 rings (SSSR count). The maximum atomic E-state index is 12.8. The average Bonchev–Trinajstić information content (AvgIpc) is 3.05. The van der Waals surface area contributed by atoms with Crippen molar-refractivity contribution in [1.82, 2.24) is 10.1 Å². The number of nitriles is 1. The molecule has 5 nitrogen and oxygen atoms in total. The van der Waals surface area contributed by atoms with Gasteiger partial charge in [0.1, 0.15) is 5.69 Å². The number of hydrogen-bond acceptors (Lipinski definition) is 4. The highest BCUT2D eigenvalue weighted by Crippen LogP contribution is 2.23. The lowest BCUT2D eigenvalue weighted by Gasteiger charge is -2.28. The van der Waals surface area contributed by atoms with Gasteiger partial charge in [0, 0.05) is 11.9 Å². The van der Waals surface area contributed by atoms with Gasteiger partial charge in [0.2, 0.25) is 5.91 Å². The molecule has 1 heterocycles. The standard InChI is InChI=1S/C20H19N3O2/c1-3-23(14(2)16-10-8-15(13-21)9-11-16)20(24)12-18-17-6-4-5-7-19(17)25-22-18/h4-11,14H,3,12H2,1-2H3. The molecule has 0 aliphatic carbocycles. The van der Waals surface area contributed by atoms with Gasteiger partial charge in [-0.1, -0.05) is 29.4 Å². The van der Waals surface area contributed by atoms with Gasteiger partial charge in [-0.25, -0.2) is 0 Å². The van der Waals surface area contributed by atoms with Gasteiger partial charge < -0.3 is 9.42 Å². The molecule has 0 bridgehead atoms. The topological polar surface area (TPSA) is 70.1 Å². The first kappa shape index (κ1) is 16.7. The Hall–Kier alpha value is -3.13. The zero-order valence-electron chi connectivity index (χ0n) is 14.3. The Labute approximate surface area is 146 Å². The molecule has 3 aromatic rings. The average molecular weight is 333 g/mol. The molecule has 0 radical (unpaired) electrons. The number of carbonyl (C=O) groups is 1. The Morgan fingerprint density at radius 2 is 1.96 bits per heavy atom. The van der Waals surface area contributed by atoms with Crippen LogP contribution in [0, 0.1) is 11.3 Å². The molecular weight excluding hydrogens is 314 g/mol. The van der Waals surface area contributed by atoms with Crippen LogP contribution in [0.5, 0.6) is 0 Å². The molecule has 2 aromatic carbocycles. The van der Waals surface area contributed by atoms with Crippen LogP contribution < -0.4 is 0 Å². The van der Waals surface area contributed by atoms with E-state index in [2.05, 4.69) is 11.2 Å². The predicted octanol–water partition coefficient (Wildman–Crippen LogP) is 3.85. The molecule has 25 heavy (non-hydrogen) atoms. The number of fused-ring (bicyclic) bond motifs is 1. The van der Waals surface area contributed by atoms with Crippen LogP contribution in [0.1, 0.15) is 36.7 Å². The van der Waals surface area contributed by atoms with E-state index < -0.39 is 0 Å². The van der Waals surface area contributed by atoms with E-state index in [4.69, 9.17) is 9.78 Å². The summed E-state index contributed by atoms with van der Waals surface area (Å²) in [4.78, 5) is 14.6. The number of para-hydroxylation sites is 1. The van der Waals surface area contributed by atoms with Crippen LogP contribution in [0.15, 0.2) is 53.1 Å². The molecular formula is C20H19N3O2. The summed E-state index contributed by atoms with van der Waals surface area (Å²) in [6.07, 6.45) is 0.200. The summed E-state index contributed by atoms with van der Waals surface area (Å²) in [6, 6.07) is 16.9. The first-order chi connectivity index (χ1) is 12.1. The van der Waals surface area contributed by atoms with E-state index in [1.54, 1.807) is 12.1 Å². The Kier molecular flexibility index (Phi) is 4.80. The molecule has 0 saturated carbocycles. The molecule has 0 spiro atoms. The van der Waals surface area contributed by atoms with Crippen LogP contribution in [-0.2, 0) is 11.2 Å². The van der Waals surface area contributed by atoms with E-state index in [0.717, 1.165) is 10.9 Å². The van der Waals surface area contributed by atoms with Gasteiger partial charge in [-0.2, -0.15) is 5.26 Å². The smallest absolute Gasteiger partial charge is 0.229 e. The quantitative estimate of drug-likeness (QED) is 0.711. The van der Waals surface area contributed by atoms with Gasteiger partial charge >= 0.3 is 0 Å². The molecule has 1 unspecified atom stereocenters. The van der Waals surface area contributed by atoms with Crippen molar-refractivity contribution in [1.29, 1.82) is 5.26 Å². The van der Waals surface area contributed by atoms with Gasteiger partial charge in [0.05, 0.1) is 24.1 Å². The van der Waals surface area contributed by atoms with Crippen LogP contribution in [-0.4, -0.2) is 22.5 Å². The highest BCUT2D eigenvalue weighted by molar-refractivity contribution is 5.86. The minimum absolute atomic E-state index is 0.00147. The van der Waals surface area contributed by atoms with E-state index in [9.17, 15) is 4.79 Å². The maximum Gasteiger partial charge on any atom is 0.229 e. The van der Waals surface area contributed by atoms with Crippen LogP contribution >= 0.6 is 0 Å². The fourth-order valence-corrected chi connectivity index (χ4v) is 2.99. The van der Waals surface area contributed by atoms with Gasteiger partial charge in [0.25, 0.3) is 0 Å². The first-order valence-corrected chi connectivity index (χ1v) is 8.27. The summed E-state index contributed by atoms with van der Waals surface area (Å²) >= 11 is 0. The van der Waals surface area contributed by atoms with E-state index >= 15 is 0 Å². The lowest BCUT2D eigenvalue weighted by atomic mass is 10.0. The van der Waals surface area contributed by atoms with Gasteiger partial charge in [-0.05, 0) is 43.7 Å². The maximum absolute atomic E-state index is 12.8. The minimum Gasteiger partial charge on any atom is -0.356 e. The normalized spacial score (nSPS) is 11.9. The SMILES string of the molecule is CCN(C(=O)Cc1noc2ccccc12)C(C)c1ccc(C#N)cc1. The number of rotatable bonds is 5. The van der Waals surface area contributed by atoms with Crippen molar-refractivity contribution in [2.75, 3.05) is 6.54 Å². The van der Waals surface area contributed by atoms with E-state index in [-0.39, 0.29) is 18.4 Å². The second-order valence-electron chi connectivity index (χ2n) is 5.89. The van der Waals surface area contributed by atoms with Crippen molar-refractivity contribution in [2.24, 2.45) is 0 Å². The van der Waals surface area contributed by atoms with Crippen molar-refractivity contribution in [2.45, 2.75) is 26.3 Å². The molecule has 0 fully saturated rings. The van der Waals surface area contributed by atoms with Gasteiger partial charge in [0.15, 0.2) is 5.58 Å². The zero-order chi connectivity index (χ0) is 17.8. The van der Waals surface area contributed by atoms with Gasteiger partial charge in [-0.3, -0.25) is 4.79 Å². The minimum atomic E-state index is -0.0802. The number of carbonyl (C=O) groups excluding carboxylic acids is 1. The molecule has 1 aromatic heterocycles. The largest absolute Gasteiger partial charge is 0.356 e. The summed E-state index contributed by atoms with van der Waals surface area (Å²) < 4.78 is 5.28. The number of benzene rings is 2. The van der Waals surface area contributed by atoms with Crippen LogP contribution in [0.25, 0.3) is 11.0 Å². The number of likely N-dealkylation sites (N-methyl/N-ethyl adjacent to an activating group) is 1. The monoisotopic (exact) mass is 333 g/mol. The lowest BCUT2D eigenvalue weighted by Crippen LogP contribution is -2.34. The van der Waals surface area contributed by atoms with Crippen molar-refractivity contribution >= 4 is 16.9 Å². The van der Waals surface area contributed by atoms with Crippen molar-refractivity contribution < 1.29 is 9.32 Å². The summed E-state index contributed by atoms with van der Waals surface area (Å²) in [6.45, 7) is 4.54. The number of amides is 1. The van der Waals surface area contributed by atoms with Crippen LogP contribution in [0.4, 0.5) is 0 Å². The molecule has 0 aliphatic heterocycles. The second-order valence-corrected chi connectivity index (χ2v) is 5.89. The van der Waals surface area contributed by atoms with Crippen molar-refractivity contribution in [3.8, 4) is 6.07 Å². The van der Waals surface area contributed by atoms with Crippen LogP contribution in [0.3, 0.4) is 0 Å². The molecule has 126 valence electrons. The number of hydrogen-bond donors (Lipinski definition) is 0. The number of aromatic nitrogens is 1. The fraction of sp³-hybridized carbons (Fsp3) is 0.250. The van der Waals surface area contributed by atoms with Gasteiger partial charge in [-0.15, -0.1) is 0 Å². The molecule has 0 N–H and O–H groups in total. The van der Waals surface area contributed by atoms with E-state index in [0.29, 0.717) is 23.4 Å². The lowest BCUT2D eigenvalue weighted by molar-refractivity contribution is -0.132. The summed E-state index contributed by atoms with van der Waals surface area (Å²) in [7, 11) is 0. The predicted molar refractivity (Wildman–Crippen MR) is 94.7 cm³/mol. The fourth-order valence-electron chi connectivity index (χ4n) is 2.99. The van der Waals surface area contributed by atoms with Crippen molar-refractivity contribution in [3.05, 3.63) is 65.4 Å². The van der Waals surface area contributed by atoms with Crippen molar-refractivity contribution in [3.63, 3.8) is 0 Å². The molecule has 5 heteroatoms. The highest BCUT2D eigenvalue weighted by Gasteiger charge is 2.22. The summed E-state index contributed by atoms with van der Waals surface area (Å²) in [5.74, 6) is -0.00147. The zero-order valence-corrected chi connectivity index (χ0v) is 14.3. The Morgan fingerprint density at radius 1 is 1.24 bits per heavy atom. The van der Waals surface area contributed by atoms with Crippen LogP contribution in [0.2, 0.25) is 0 Å². The summed E-state index contributed by atoms with van der Waals surface area (Å²) in [5.41, 5.74) is 2.96. The highest BCUT2D eigenvalue weighted by atomic mass is 16.5.